The summed E-state index contributed by atoms with van der Waals surface area (Å²) in [5, 5.41) is 3.53. The minimum atomic E-state index is 0.368. The second-order valence-corrected chi connectivity index (χ2v) is 9.25. The van der Waals surface area contributed by atoms with Crippen molar-refractivity contribution in [2.75, 3.05) is 31.6 Å². The lowest BCUT2D eigenvalue weighted by Gasteiger charge is -2.32. The molecule has 0 bridgehead atoms. The highest BCUT2D eigenvalue weighted by Gasteiger charge is 2.22. The molecule has 1 fully saturated rings. The molecule has 5 rings (SSSR count). The zero-order chi connectivity index (χ0) is 25.5. The van der Waals surface area contributed by atoms with E-state index in [1.54, 1.807) is 0 Å². The van der Waals surface area contributed by atoms with Crippen molar-refractivity contribution in [3.63, 3.8) is 0 Å². The quantitative estimate of drug-likeness (QED) is 0.298. The van der Waals surface area contributed by atoms with Crippen LogP contribution in [0.2, 0.25) is 0 Å². The van der Waals surface area contributed by atoms with E-state index >= 15 is 0 Å². The molecular weight excluding hydrogens is 462 g/mol. The molecule has 2 aromatic carbocycles. The first-order valence-electron chi connectivity index (χ1n) is 13.2. The summed E-state index contributed by atoms with van der Waals surface area (Å²) < 4.78 is 14.2. The molecule has 7 nitrogen and oxygen atoms in total. The molecule has 0 atom stereocenters. The maximum atomic E-state index is 6.05. The highest BCUT2D eigenvalue weighted by molar-refractivity contribution is 5.62. The van der Waals surface area contributed by atoms with Gasteiger partial charge in [0.25, 0.3) is 0 Å². The number of ether oxygens (including phenoxy) is 2. The summed E-state index contributed by atoms with van der Waals surface area (Å²) in [6, 6.07) is 18.9. The second kappa shape index (κ2) is 11.9. The monoisotopic (exact) mass is 497 g/mol. The predicted molar refractivity (Wildman–Crippen MR) is 147 cm³/mol. The summed E-state index contributed by atoms with van der Waals surface area (Å²) in [5.74, 6) is 2.40. The van der Waals surface area contributed by atoms with E-state index in [1.807, 2.05) is 69.0 Å². The molecule has 0 unspecified atom stereocenters. The van der Waals surface area contributed by atoms with Gasteiger partial charge in [-0.3, -0.25) is 4.90 Å². The van der Waals surface area contributed by atoms with Crippen LogP contribution >= 0.6 is 0 Å². The topological polar surface area (TPSA) is 64.4 Å². The Morgan fingerprint density at radius 3 is 2.05 bits per heavy atom. The Kier molecular flexibility index (Phi) is 8.01. The number of likely N-dealkylation sites (tertiary alicyclic amines) is 1. The van der Waals surface area contributed by atoms with Gasteiger partial charge in [-0.25, -0.2) is 9.97 Å². The van der Waals surface area contributed by atoms with Crippen molar-refractivity contribution in [2.24, 2.45) is 0 Å². The number of nitrogens with one attached hydrogen (secondary N) is 1. The largest absolute Gasteiger partial charge is 0.492 e. The van der Waals surface area contributed by atoms with Crippen LogP contribution in [0.1, 0.15) is 32.3 Å². The van der Waals surface area contributed by atoms with Crippen molar-refractivity contribution in [2.45, 2.75) is 39.3 Å². The summed E-state index contributed by atoms with van der Waals surface area (Å²) in [5.41, 5.74) is 4.32. The molecule has 1 aliphatic heterocycles. The highest BCUT2D eigenvalue weighted by Crippen LogP contribution is 2.35. The van der Waals surface area contributed by atoms with Crippen LogP contribution in [0, 0.1) is 0 Å². The number of hydrogen-bond donors (Lipinski definition) is 1. The van der Waals surface area contributed by atoms with Crippen LogP contribution in [0.4, 0.5) is 5.95 Å². The maximum absolute atomic E-state index is 6.05. The summed E-state index contributed by atoms with van der Waals surface area (Å²) in [6.07, 6.45) is 9.92. The zero-order valence-corrected chi connectivity index (χ0v) is 21.6. The number of rotatable bonds is 10. The van der Waals surface area contributed by atoms with E-state index < -0.39 is 0 Å². The lowest BCUT2D eigenvalue weighted by atomic mass is 10.0. The first-order valence-corrected chi connectivity index (χ1v) is 13.2. The Labute approximate surface area is 219 Å². The molecule has 0 radical (unpaired) electrons. The fraction of sp³-hybridized carbons (Fsp3) is 0.333. The van der Waals surface area contributed by atoms with Gasteiger partial charge in [-0.05, 0) is 62.1 Å². The summed E-state index contributed by atoms with van der Waals surface area (Å²) in [6.45, 7) is 8.12. The van der Waals surface area contributed by atoms with Gasteiger partial charge in [0.15, 0.2) is 0 Å². The third-order valence-corrected chi connectivity index (χ3v) is 6.65. The average Bonchev–Trinajstić information content (AvgIpc) is 3.46. The SMILES string of the molecule is CCOc1cc(CN2CCC(Nc3ncc(-c4ccccc4)cn3)CC2)cc(OCC)c1-n1cccc1. The summed E-state index contributed by atoms with van der Waals surface area (Å²) >= 11 is 0. The minimum absolute atomic E-state index is 0.368. The van der Waals surface area contributed by atoms with E-state index in [-0.39, 0.29) is 0 Å². The van der Waals surface area contributed by atoms with Crippen molar-refractivity contribution in [1.29, 1.82) is 0 Å². The van der Waals surface area contributed by atoms with Gasteiger partial charge >= 0.3 is 0 Å². The predicted octanol–water partition coefficient (Wildman–Crippen LogP) is 5.81. The van der Waals surface area contributed by atoms with E-state index in [0.29, 0.717) is 25.2 Å². The molecule has 0 spiro atoms. The Morgan fingerprint density at radius 1 is 0.838 bits per heavy atom. The standard InChI is InChI=1S/C30H35N5O2/c1-3-36-27-18-23(19-28(37-4-2)29(27)35-14-8-9-15-35)22-34-16-12-26(13-17-34)33-30-31-20-25(21-32-30)24-10-6-5-7-11-24/h5-11,14-15,18-21,26H,3-4,12-13,16-17,22H2,1-2H3,(H,31,32,33). The van der Waals surface area contributed by atoms with Crippen LogP contribution in [0.5, 0.6) is 11.5 Å². The molecule has 37 heavy (non-hydrogen) atoms. The molecule has 1 aliphatic rings. The third kappa shape index (κ3) is 6.12. The number of nitrogens with zero attached hydrogens (tertiary/aromatic N) is 4. The van der Waals surface area contributed by atoms with Gasteiger partial charge in [0.1, 0.15) is 17.2 Å². The molecule has 0 saturated carbocycles. The van der Waals surface area contributed by atoms with Crippen molar-refractivity contribution in [3.05, 3.63) is 84.9 Å². The summed E-state index contributed by atoms with van der Waals surface area (Å²) in [4.78, 5) is 11.6. The van der Waals surface area contributed by atoms with E-state index in [1.165, 1.54) is 5.56 Å². The fourth-order valence-corrected chi connectivity index (χ4v) is 4.86. The van der Waals surface area contributed by atoms with Crippen LogP contribution < -0.4 is 14.8 Å². The van der Waals surface area contributed by atoms with Gasteiger partial charge in [0.2, 0.25) is 5.95 Å². The molecule has 0 amide bonds. The molecule has 7 heteroatoms. The van der Waals surface area contributed by atoms with Gasteiger partial charge in [-0.15, -0.1) is 0 Å². The van der Waals surface area contributed by atoms with Gasteiger partial charge < -0.3 is 19.4 Å². The van der Waals surface area contributed by atoms with E-state index in [9.17, 15) is 0 Å². The molecule has 0 aliphatic carbocycles. The molecule has 2 aromatic heterocycles. The van der Waals surface area contributed by atoms with Gasteiger partial charge in [0.05, 0.1) is 13.2 Å². The summed E-state index contributed by atoms with van der Waals surface area (Å²) in [7, 11) is 0. The van der Waals surface area contributed by atoms with Crippen LogP contribution in [0.25, 0.3) is 16.8 Å². The third-order valence-electron chi connectivity index (χ3n) is 6.65. The molecule has 1 saturated heterocycles. The fourth-order valence-electron chi connectivity index (χ4n) is 4.86. The van der Waals surface area contributed by atoms with Gasteiger partial charge in [-0.1, -0.05) is 30.3 Å². The first kappa shape index (κ1) is 24.8. The lowest BCUT2D eigenvalue weighted by Crippen LogP contribution is -2.39. The minimum Gasteiger partial charge on any atom is -0.492 e. The Balaban J connectivity index is 1.21. The van der Waals surface area contributed by atoms with Crippen molar-refractivity contribution >= 4 is 5.95 Å². The van der Waals surface area contributed by atoms with Crippen LogP contribution in [0.15, 0.2) is 79.4 Å². The van der Waals surface area contributed by atoms with Crippen molar-refractivity contribution in [3.8, 4) is 28.3 Å². The second-order valence-electron chi connectivity index (χ2n) is 9.25. The normalized spacial score (nSPS) is 14.4. The average molecular weight is 498 g/mol. The first-order chi connectivity index (χ1) is 18.2. The van der Waals surface area contributed by atoms with E-state index in [2.05, 4.69) is 49.0 Å². The molecule has 192 valence electrons. The molecule has 3 heterocycles. The van der Waals surface area contributed by atoms with Gasteiger partial charge in [0, 0.05) is 56.0 Å². The number of hydrogen-bond acceptors (Lipinski definition) is 6. The van der Waals surface area contributed by atoms with E-state index in [4.69, 9.17) is 9.47 Å². The van der Waals surface area contributed by atoms with Gasteiger partial charge in [-0.2, -0.15) is 0 Å². The van der Waals surface area contributed by atoms with Crippen LogP contribution in [0.3, 0.4) is 0 Å². The Hall–Kier alpha value is -3.84. The Morgan fingerprint density at radius 2 is 1.46 bits per heavy atom. The van der Waals surface area contributed by atoms with Crippen molar-refractivity contribution < 1.29 is 9.47 Å². The Bertz CT molecular complexity index is 1220. The maximum Gasteiger partial charge on any atom is 0.222 e. The lowest BCUT2D eigenvalue weighted by molar-refractivity contribution is 0.210. The number of benzene rings is 2. The molecule has 4 aromatic rings. The van der Waals surface area contributed by atoms with Crippen LogP contribution in [-0.4, -0.2) is 51.8 Å². The number of aromatic nitrogens is 3. The number of anilines is 1. The molecule has 1 N–H and O–H groups in total. The van der Waals surface area contributed by atoms with Crippen molar-refractivity contribution in [1.82, 2.24) is 19.4 Å². The zero-order valence-electron chi connectivity index (χ0n) is 21.6. The highest BCUT2D eigenvalue weighted by atomic mass is 16.5. The van der Waals surface area contributed by atoms with Crippen LogP contribution in [-0.2, 0) is 6.54 Å². The smallest absolute Gasteiger partial charge is 0.222 e. The number of piperidine rings is 1. The van der Waals surface area contributed by atoms with E-state index in [0.717, 1.165) is 60.8 Å². The molecular formula is C30H35N5O2.